The molecule has 0 unspecified atom stereocenters. The first kappa shape index (κ1) is 10.3. The summed E-state index contributed by atoms with van der Waals surface area (Å²) in [7, 11) is 0. The zero-order valence-electron chi connectivity index (χ0n) is 4.74. The van der Waals surface area contributed by atoms with Crippen molar-refractivity contribution < 1.29 is 19.8 Å². The molecule has 0 aromatic rings. The van der Waals surface area contributed by atoms with E-state index in [1.807, 2.05) is 0 Å². The van der Waals surface area contributed by atoms with Crippen LogP contribution in [0, 0.1) is 11.8 Å². The number of nitriles is 1. The molecule has 0 amide bonds. The summed E-state index contributed by atoms with van der Waals surface area (Å²) < 4.78 is 2.88. The molecule has 0 aromatic carbocycles. The molecule has 0 N–H and O–H groups in total. The van der Waals surface area contributed by atoms with Gasteiger partial charge in [0.1, 0.15) is 0 Å². The number of hydrogen-bond acceptors (Lipinski definition) is 1. The minimum absolute atomic E-state index is 0.719. The normalized spacial score (nSPS) is 6.86. The van der Waals surface area contributed by atoms with Crippen LogP contribution in [0.15, 0.2) is 0 Å². The van der Waals surface area contributed by atoms with Gasteiger partial charge in [0.25, 0.3) is 0 Å². The van der Waals surface area contributed by atoms with E-state index in [1.165, 1.54) is 9.28 Å². The molecule has 0 aliphatic heterocycles. The zero-order valence-corrected chi connectivity index (χ0v) is 6.91. The quantitative estimate of drug-likeness (QED) is 0.711. The molecule has 1 nitrogen and oxygen atoms in total. The summed E-state index contributed by atoms with van der Waals surface area (Å²) in [5, 5.41) is 6.50. The molecule has 0 saturated heterocycles. The molecule has 0 aliphatic carbocycles. The minimum atomic E-state index is 0.719. The van der Waals surface area contributed by atoms with Crippen molar-refractivity contribution in [2.45, 2.75) is 23.1 Å². The molecule has 0 aliphatic rings. The van der Waals surface area contributed by atoms with Crippen molar-refractivity contribution in [2.24, 2.45) is 0 Å². The van der Waals surface area contributed by atoms with Crippen molar-refractivity contribution in [3.8, 4) is 6.57 Å². The Kier molecular flexibility index (Phi) is 23.9. The van der Waals surface area contributed by atoms with Crippen molar-refractivity contribution in [3.05, 3.63) is 0 Å². The van der Waals surface area contributed by atoms with Gasteiger partial charge in [-0.3, -0.25) is 0 Å². The van der Waals surface area contributed by atoms with Crippen molar-refractivity contribution in [1.82, 2.24) is 0 Å². The SMILES string of the molecule is C#N.C[CH2][Au][CH2]C. The number of nitrogens with zero attached hydrogens (tertiary/aromatic N) is 1. The third-order valence-corrected chi connectivity index (χ3v) is 2.47. The maximum atomic E-state index is 6.50. The third-order valence-electron chi connectivity index (χ3n) is 0.302. The van der Waals surface area contributed by atoms with Gasteiger partial charge < -0.3 is 0 Å². The third kappa shape index (κ3) is 22.4. The van der Waals surface area contributed by atoms with E-state index in [9.17, 15) is 0 Å². The van der Waals surface area contributed by atoms with Crippen LogP contribution in [0.1, 0.15) is 13.8 Å². The fourth-order valence-corrected chi connectivity index (χ4v) is 1.23. The molecule has 0 bridgehead atoms. The summed E-state index contributed by atoms with van der Waals surface area (Å²) in [4.78, 5) is 0. The summed E-state index contributed by atoms with van der Waals surface area (Å²) in [5.74, 6) is 0. The van der Waals surface area contributed by atoms with Crippen molar-refractivity contribution >= 4 is 0 Å². The number of hydrogen-bond donors (Lipinski definition) is 0. The standard InChI is InChI=1S/2C2H5.CHN.Au/c3*1-2;/h2*1H2,2H3;1H;. The van der Waals surface area contributed by atoms with Crippen LogP contribution in [-0.4, -0.2) is 0 Å². The van der Waals surface area contributed by atoms with Gasteiger partial charge in [-0.25, -0.2) is 5.26 Å². The van der Waals surface area contributed by atoms with Crippen LogP contribution in [0.25, 0.3) is 0 Å². The van der Waals surface area contributed by atoms with Gasteiger partial charge in [0.05, 0.1) is 0 Å². The van der Waals surface area contributed by atoms with E-state index >= 15 is 0 Å². The van der Waals surface area contributed by atoms with Crippen LogP contribution < -0.4 is 0 Å². The van der Waals surface area contributed by atoms with Crippen LogP contribution >= 0.6 is 0 Å². The molecule has 47 valence electrons. The van der Waals surface area contributed by atoms with Gasteiger partial charge in [-0.1, -0.05) is 0 Å². The second kappa shape index (κ2) is 16.3. The summed E-state index contributed by atoms with van der Waals surface area (Å²) in [5.41, 5.74) is 0. The molecule has 0 atom stereocenters. The first-order valence-corrected chi connectivity index (χ1v) is 5.16. The second-order valence-corrected chi connectivity index (χ2v) is 4.72. The monoisotopic (exact) mass is 282 g/mol. The van der Waals surface area contributed by atoms with E-state index in [-0.39, 0.29) is 0 Å². The van der Waals surface area contributed by atoms with Crippen LogP contribution in [0.2, 0.25) is 9.28 Å². The van der Waals surface area contributed by atoms with Gasteiger partial charge in [-0.15, -0.1) is 0 Å². The van der Waals surface area contributed by atoms with Crippen LogP contribution in [-0.2, 0) is 19.8 Å². The van der Waals surface area contributed by atoms with Crippen LogP contribution in [0.5, 0.6) is 0 Å². The number of rotatable bonds is 2. The van der Waals surface area contributed by atoms with E-state index in [2.05, 4.69) is 20.4 Å². The predicted octanol–water partition coefficient (Wildman–Crippen LogP) is 2.09. The fraction of sp³-hybridized carbons (Fsp3) is 0.800. The molecule has 0 radical (unpaired) electrons. The molecule has 0 heterocycles. The van der Waals surface area contributed by atoms with Gasteiger partial charge in [0, 0.05) is 6.57 Å². The summed E-state index contributed by atoms with van der Waals surface area (Å²) in [6, 6.07) is 0. The fourth-order valence-electron chi connectivity index (χ4n) is 0.151. The Morgan fingerprint density at radius 1 is 1.29 bits per heavy atom. The van der Waals surface area contributed by atoms with Gasteiger partial charge >= 0.3 is 42.9 Å². The van der Waals surface area contributed by atoms with E-state index in [0.717, 1.165) is 19.8 Å². The molecule has 0 spiro atoms. The first-order valence-electron chi connectivity index (χ1n) is 2.10. The van der Waals surface area contributed by atoms with Crippen molar-refractivity contribution in [2.75, 3.05) is 0 Å². The molecule has 0 saturated carbocycles. The van der Waals surface area contributed by atoms with E-state index in [4.69, 9.17) is 5.26 Å². The predicted molar refractivity (Wildman–Crippen MR) is 27.6 cm³/mol. The topological polar surface area (TPSA) is 23.8 Å². The Labute approximate surface area is 55.0 Å². The van der Waals surface area contributed by atoms with Crippen LogP contribution in [0.3, 0.4) is 0 Å². The Hall–Kier alpha value is 0.230. The van der Waals surface area contributed by atoms with Crippen molar-refractivity contribution in [3.63, 3.8) is 0 Å². The molecule has 0 aromatic heterocycles. The Balaban J connectivity index is 0. The Bertz CT molecular complexity index is 32.3. The molecule has 2 heteroatoms. The second-order valence-electron chi connectivity index (χ2n) is 0.577. The van der Waals surface area contributed by atoms with Crippen LogP contribution in [0.4, 0.5) is 0 Å². The van der Waals surface area contributed by atoms with Gasteiger partial charge in [-0.05, 0) is 0 Å². The average molecular weight is 282 g/mol. The average Bonchev–Trinajstić information content (AvgIpc) is 1.75. The molecular formula is C5H11AuN. The van der Waals surface area contributed by atoms with E-state index in [0.29, 0.717) is 0 Å². The summed E-state index contributed by atoms with van der Waals surface area (Å²) in [6.07, 6.45) is 0. The first-order chi connectivity index (χ1) is 3.41. The molecule has 0 rings (SSSR count). The summed E-state index contributed by atoms with van der Waals surface area (Å²) in [6.45, 7) is 8.01. The Morgan fingerprint density at radius 2 is 1.57 bits per heavy atom. The molecular weight excluding hydrogens is 271 g/mol. The van der Waals surface area contributed by atoms with Gasteiger partial charge in [0.15, 0.2) is 0 Å². The van der Waals surface area contributed by atoms with E-state index in [1.54, 1.807) is 0 Å². The Morgan fingerprint density at radius 3 is 1.57 bits per heavy atom. The zero-order chi connectivity index (χ0) is 6.12. The molecule has 7 heavy (non-hydrogen) atoms. The molecule has 0 fully saturated rings. The maximum absolute atomic E-state index is 6.50. The van der Waals surface area contributed by atoms with Crippen molar-refractivity contribution in [1.29, 1.82) is 5.26 Å². The van der Waals surface area contributed by atoms with E-state index < -0.39 is 0 Å². The van der Waals surface area contributed by atoms with Gasteiger partial charge in [-0.2, -0.15) is 0 Å². The summed E-state index contributed by atoms with van der Waals surface area (Å²) >= 11 is 0.719. The van der Waals surface area contributed by atoms with Gasteiger partial charge in [0.2, 0.25) is 0 Å².